The Morgan fingerprint density at radius 2 is 1.89 bits per heavy atom. The Morgan fingerprint density at radius 3 is 2.58 bits per heavy atom. The Bertz CT molecular complexity index is 1360. The average molecular weight is 520 g/mol. The number of likely N-dealkylation sites (tertiary alicyclic amines) is 1. The van der Waals surface area contributed by atoms with Gasteiger partial charge in [-0.2, -0.15) is 0 Å². The van der Waals surface area contributed by atoms with Crippen LogP contribution in [0.4, 0.5) is 10.5 Å². The van der Waals surface area contributed by atoms with Gasteiger partial charge in [-0.3, -0.25) is 15.1 Å². The first-order chi connectivity index (χ1) is 18.3. The molecule has 0 aliphatic carbocycles. The van der Waals surface area contributed by atoms with Crippen LogP contribution in [0.15, 0.2) is 53.5 Å². The van der Waals surface area contributed by atoms with Gasteiger partial charge in [0, 0.05) is 49.2 Å². The molecule has 2 aliphatic heterocycles. The number of amides is 1. The number of nitrogens with zero attached hydrogens (tertiary/aromatic N) is 5. The molecule has 1 N–H and O–H groups in total. The van der Waals surface area contributed by atoms with Gasteiger partial charge in [-0.25, -0.2) is 4.79 Å². The standard InChI is InChI=1S/C28H33N5O5/c1-19(2)30-13-10-21(11-14-30)32-25-9-8-22(33(36)37)16-23(25)26(27(32)34)24-17-31(15-12-29-24)28(35)38-18-20-6-4-3-5-7-20/h3-9,16,19,21,34H,10-15,17-18H2,1-2H3. The second kappa shape index (κ2) is 10.8. The lowest BCUT2D eigenvalue weighted by Gasteiger charge is -2.35. The van der Waals surface area contributed by atoms with Crippen molar-refractivity contribution >= 4 is 28.4 Å². The largest absolute Gasteiger partial charge is 0.494 e. The molecule has 1 fully saturated rings. The van der Waals surface area contributed by atoms with Gasteiger partial charge in [-0.1, -0.05) is 30.3 Å². The molecule has 10 heteroatoms. The molecule has 0 bridgehead atoms. The summed E-state index contributed by atoms with van der Waals surface area (Å²) in [7, 11) is 0. The molecule has 2 aliphatic rings. The third-order valence-electron chi connectivity index (χ3n) is 7.53. The third kappa shape index (κ3) is 5.08. The van der Waals surface area contributed by atoms with Gasteiger partial charge in [0.25, 0.3) is 5.69 Å². The number of carbonyl (C=O) groups excluding carboxylic acids is 1. The van der Waals surface area contributed by atoms with E-state index >= 15 is 0 Å². The van der Waals surface area contributed by atoms with E-state index in [1.54, 1.807) is 11.0 Å². The summed E-state index contributed by atoms with van der Waals surface area (Å²) in [6, 6.07) is 14.6. The first-order valence-electron chi connectivity index (χ1n) is 13.1. The van der Waals surface area contributed by atoms with E-state index in [1.807, 2.05) is 34.9 Å². The molecule has 200 valence electrons. The van der Waals surface area contributed by atoms with Gasteiger partial charge < -0.3 is 24.2 Å². The Balaban J connectivity index is 1.44. The number of aromatic nitrogens is 1. The normalized spacial score (nSPS) is 17.1. The lowest BCUT2D eigenvalue weighted by atomic mass is 10.0. The summed E-state index contributed by atoms with van der Waals surface area (Å²) in [5.74, 6) is 0.0433. The molecule has 10 nitrogen and oxygen atoms in total. The zero-order chi connectivity index (χ0) is 26.8. The maximum Gasteiger partial charge on any atom is 0.410 e. The maximum atomic E-state index is 12.9. The number of piperidine rings is 1. The molecule has 3 heterocycles. The number of benzene rings is 2. The molecule has 5 rings (SSSR count). The SMILES string of the molecule is CC(C)N1CCC(n2c(O)c(C3=NCCN(C(=O)OCc4ccccc4)C3)c3cc([N+](=O)[O-])ccc32)CC1. The lowest BCUT2D eigenvalue weighted by molar-refractivity contribution is -0.384. The van der Waals surface area contributed by atoms with Gasteiger partial charge in [0.15, 0.2) is 0 Å². The highest BCUT2D eigenvalue weighted by Crippen LogP contribution is 2.40. The molecule has 0 unspecified atom stereocenters. The van der Waals surface area contributed by atoms with Crippen LogP contribution in [0, 0.1) is 10.1 Å². The molecule has 1 aromatic heterocycles. The fourth-order valence-corrected chi connectivity index (χ4v) is 5.46. The average Bonchev–Trinajstić information content (AvgIpc) is 3.23. The van der Waals surface area contributed by atoms with Gasteiger partial charge >= 0.3 is 6.09 Å². The highest BCUT2D eigenvalue weighted by molar-refractivity contribution is 6.15. The van der Waals surface area contributed by atoms with E-state index in [2.05, 4.69) is 23.7 Å². The fraction of sp³-hybridized carbons (Fsp3) is 0.429. The minimum absolute atomic E-state index is 0.0433. The Morgan fingerprint density at radius 1 is 1.16 bits per heavy atom. The van der Waals surface area contributed by atoms with E-state index in [4.69, 9.17) is 4.74 Å². The van der Waals surface area contributed by atoms with Crippen molar-refractivity contribution in [3.63, 3.8) is 0 Å². The summed E-state index contributed by atoms with van der Waals surface area (Å²) in [6.07, 6.45) is 1.25. The van der Waals surface area contributed by atoms with Crippen LogP contribution in [-0.2, 0) is 11.3 Å². The topological polar surface area (TPSA) is 113 Å². The molecule has 0 atom stereocenters. The van der Waals surface area contributed by atoms with Crippen molar-refractivity contribution in [1.82, 2.24) is 14.4 Å². The number of aromatic hydroxyl groups is 1. The van der Waals surface area contributed by atoms with Crippen molar-refractivity contribution in [2.75, 3.05) is 32.7 Å². The molecule has 1 saturated heterocycles. The first kappa shape index (κ1) is 25.7. The van der Waals surface area contributed by atoms with Gasteiger partial charge in [-0.15, -0.1) is 0 Å². The number of ether oxygens (including phenoxy) is 1. The number of fused-ring (bicyclic) bond motifs is 1. The quantitative estimate of drug-likeness (QED) is 0.372. The number of carbonyl (C=O) groups is 1. The zero-order valence-corrected chi connectivity index (χ0v) is 21.7. The fourth-order valence-electron chi connectivity index (χ4n) is 5.46. The third-order valence-corrected chi connectivity index (χ3v) is 7.53. The maximum absolute atomic E-state index is 12.9. The number of rotatable bonds is 6. The van der Waals surface area contributed by atoms with Crippen molar-refractivity contribution in [2.24, 2.45) is 4.99 Å². The number of aliphatic imine (C=N–C) groups is 1. The summed E-state index contributed by atoms with van der Waals surface area (Å²) in [5.41, 5.74) is 2.55. The van der Waals surface area contributed by atoms with Crippen molar-refractivity contribution in [3.8, 4) is 5.88 Å². The molecular weight excluding hydrogens is 486 g/mol. The summed E-state index contributed by atoms with van der Waals surface area (Å²) in [5, 5.41) is 23.7. The number of hydrogen-bond acceptors (Lipinski definition) is 7. The van der Waals surface area contributed by atoms with E-state index < -0.39 is 11.0 Å². The summed E-state index contributed by atoms with van der Waals surface area (Å²) >= 11 is 0. The second-order valence-electron chi connectivity index (χ2n) is 10.2. The number of hydrogen-bond donors (Lipinski definition) is 1. The molecule has 1 amide bonds. The summed E-state index contributed by atoms with van der Waals surface area (Å²) in [4.78, 5) is 32.6. The van der Waals surface area contributed by atoms with Gasteiger partial charge in [0.05, 0.1) is 34.8 Å². The minimum Gasteiger partial charge on any atom is -0.494 e. The molecule has 0 spiro atoms. The van der Waals surface area contributed by atoms with E-state index in [9.17, 15) is 20.0 Å². The van der Waals surface area contributed by atoms with E-state index in [1.165, 1.54) is 12.1 Å². The first-order valence-corrected chi connectivity index (χ1v) is 13.1. The smallest absolute Gasteiger partial charge is 0.410 e. The van der Waals surface area contributed by atoms with Crippen molar-refractivity contribution in [1.29, 1.82) is 0 Å². The zero-order valence-electron chi connectivity index (χ0n) is 21.7. The van der Waals surface area contributed by atoms with Gasteiger partial charge in [0.1, 0.15) is 6.61 Å². The summed E-state index contributed by atoms with van der Waals surface area (Å²) in [6.45, 7) is 7.23. The molecular formula is C28H33N5O5. The van der Waals surface area contributed by atoms with Crippen molar-refractivity contribution < 1.29 is 19.6 Å². The Kier molecular flexibility index (Phi) is 7.33. The van der Waals surface area contributed by atoms with E-state index in [0.29, 0.717) is 35.8 Å². The van der Waals surface area contributed by atoms with Crippen molar-refractivity contribution in [2.45, 2.75) is 45.4 Å². The number of nitro benzene ring substituents is 1. The Labute approximate surface area is 221 Å². The number of nitro groups is 1. The van der Waals surface area contributed by atoms with Crippen LogP contribution in [0.25, 0.3) is 10.9 Å². The van der Waals surface area contributed by atoms with E-state index in [0.717, 1.165) is 37.0 Å². The van der Waals surface area contributed by atoms with Crippen molar-refractivity contribution in [3.05, 3.63) is 69.8 Å². The molecule has 38 heavy (non-hydrogen) atoms. The number of non-ortho nitro benzene ring substituents is 1. The summed E-state index contributed by atoms with van der Waals surface area (Å²) < 4.78 is 7.42. The van der Waals surface area contributed by atoms with Crippen LogP contribution in [0.1, 0.15) is 43.9 Å². The molecule has 2 aromatic carbocycles. The van der Waals surface area contributed by atoms with Crippen LogP contribution >= 0.6 is 0 Å². The van der Waals surface area contributed by atoms with Gasteiger partial charge in [-0.05, 0) is 38.3 Å². The molecule has 3 aromatic rings. The van der Waals surface area contributed by atoms with Crippen LogP contribution in [-0.4, -0.2) is 75.0 Å². The minimum atomic E-state index is -0.462. The van der Waals surface area contributed by atoms with Crippen LogP contribution in [0.3, 0.4) is 0 Å². The molecule has 0 saturated carbocycles. The highest BCUT2D eigenvalue weighted by Gasteiger charge is 2.31. The van der Waals surface area contributed by atoms with Crippen LogP contribution in [0.5, 0.6) is 5.88 Å². The highest BCUT2D eigenvalue weighted by atomic mass is 16.6. The van der Waals surface area contributed by atoms with Crippen LogP contribution < -0.4 is 0 Å². The second-order valence-corrected chi connectivity index (χ2v) is 10.2. The monoisotopic (exact) mass is 519 g/mol. The van der Waals surface area contributed by atoms with E-state index in [-0.39, 0.29) is 30.8 Å². The lowest BCUT2D eigenvalue weighted by Crippen LogP contribution is -2.41. The predicted octanol–water partition coefficient (Wildman–Crippen LogP) is 4.74. The molecule has 0 radical (unpaired) electrons. The van der Waals surface area contributed by atoms with Crippen LogP contribution in [0.2, 0.25) is 0 Å². The predicted molar refractivity (Wildman–Crippen MR) is 145 cm³/mol. The Hall–Kier alpha value is -3.92. The van der Waals surface area contributed by atoms with Gasteiger partial charge in [0.2, 0.25) is 5.88 Å².